The van der Waals surface area contributed by atoms with Crippen molar-refractivity contribution in [2.45, 2.75) is 31.8 Å². The Hall–Kier alpha value is -3.91. The van der Waals surface area contributed by atoms with Gasteiger partial charge in [-0.2, -0.15) is 0 Å². The summed E-state index contributed by atoms with van der Waals surface area (Å²) in [5, 5.41) is 43.2. The summed E-state index contributed by atoms with van der Waals surface area (Å²) in [4.78, 5) is 38.3. The summed E-state index contributed by atoms with van der Waals surface area (Å²) >= 11 is 0. The number of ketones is 2. The number of nitrogens with two attached hydrogens (primary N) is 1. The molecule has 0 aliphatic heterocycles. The summed E-state index contributed by atoms with van der Waals surface area (Å²) in [6.45, 7) is 1.95. The molecule has 0 fully saturated rings. The standard InChI is InChI=1S/C26H23NO7/c1-11-3-2-4-12(7-11)15-5-6-17(28)20-16(15)9-13-8-14-10-18(29)21(25(27)33)24(32)26(14,34)23(31)19(13)22(20)30/h2-7,13-14,28-29,31,34H,8-10H2,1H3,(H2,27,33)/t13-,14+,26+/m1/s1. The van der Waals surface area contributed by atoms with E-state index in [1.54, 1.807) is 6.07 Å². The second-order valence-corrected chi connectivity index (χ2v) is 9.27. The van der Waals surface area contributed by atoms with Crippen LogP contribution in [0.2, 0.25) is 0 Å². The van der Waals surface area contributed by atoms with E-state index in [-0.39, 0.29) is 36.1 Å². The molecule has 0 spiro atoms. The molecule has 6 N–H and O–H groups in total. The average molecular weight is 461 g/mol. The predicted octanol–water partition coefficient (Wildman–Crippen LogP) is 2.56. The first kappa shape index (κ1) is 21.9. The van der Waals surface area contributed by atoms with Crippen molar-refractivity contribution in [1.82, 2.24) is 0 Å². The number of primary amides is 1. The zero-order valence-corrected chi connectivity index (χ0v) is 18.3. The highest BCUT2D eigenvalue weighted by molar-refractivity contribution is 6.24. The molecular formula is C26H23NO7. The Labute approximate surface area is 194 Å². The first-order chi connectivity index (χ1) is 16.1. The Bertz CT molecular complexity index is 1370. The molecule has 8 nitrogen and oxygen atoms in total. The lowest BCUT2D eigenvalue weighted by atomic mass is 9.60. The van der Waals surface area contributed by atoms with Crippen LogP contribution in [0.1, 0.15) is 34.3 Å². The van der Waals surface area contributed by atoms with E-state index in [4.69, 9.17) is 5.73 Å². The number of benzene rings is 2. The number of carbonyl (C=O) groups is 3. The first-order valence-corrected chi connectivity index (χ1v) is 10.9. The van der Waals surface area contributed by atoms with E-state index in [2.05, 4.69) is 0 Å². The number of hydrogen-bond donors (Lipinski definition) is 5. The number of amides is 1. The van der Waals surface area contributed by atoms with Crippen molar-refractivity contribution in [3.8, 4) is 16.9 Å². The van der Waals surface area contributed by atoms with E-state index in [1.807, 2.05) is 31.2 Å². The van der Waals surface area contributed by atoms with E-state index >= 15 is 0 Å². The first-order valence-electron chi connectivity index (χ1n) is 10.9. The molecule has 34 heavy (non-hydrogen) atoms. The Morgan fingerprint density at radius 3 is 2.50 bits per heavy atom. The number of allylic oxidation sites excluding steroid dienone is 2. The van der Waals surface area contributed by atoms with Crippen LogP contribution >= 0.6 is 0 Å². The number of aliphatic hydroxyl groups is 3. The maximum absolute atomic E-state index is 13.6. The van der Waals surface area contributed by atoms with Gasteiger partial charge in [0.2, 0.25) is 5.78 Å². The third kappa shape index (κ3) is 2.85. The Kier molecular flexibility index (Phi) is 4.70. The van der Waals surface area contributed by atoms with Crippen molar-refractivity contribution in [2.75, 3.05) is 0 Å². The number of phenols is 1. The van der Waals surface area contributed by atoms with Gasteiger partial charge in [0.15, 0.2) is 11.4 Å². The summed E-state index contributed by atoms with van der Waals surface area (Å²) in [5.74, 6) is -6.31. The molecule has 0 aromatic heterocycles. The Balaban J connectivity index is 1.69. The maximum atomic E-state index is 13.6. The van der Waals surface area contributed by atoms with Gasteiger partial charge in [-0.25, -0.2) is 0 Å². The average Bonchev–Trinajstić information content (AvgIpc) is 2.76. The van der Waals surface area contributed by atoms with Crippen LogP contribution in [-0.2, 0) is 16.0 Å². The number of aliphatic hydroxyl groups excluding tert-OH is 2. The molecule has 5 rings (SSSR count). The summed E-state index contributed by atoms with van der Waals surface area (Å²) in [5.41, 5.74) is 4.99. The zero-order chi connectivity index (χ0) is 24.5. The summed E-state index contributed by atoms with van der Waals surface area (Å²) in [7, 11) is 0. The SMILES string of the molecule is Cc1cccc(-c2ccc(O)c3c2C[C@H]2C[C@H]4CC(O)=C(C(N)=O)C(=O)[C@@]4(O)C(O)=C2C3=O)c1. The van der Waals surface area contributed by atoms with Crippen molar-refractivity contribution in [3.05, 3.63) is 75.8 Å². The summed E-state index contributed by atoms with van der Waals surface area (Å²) in [6, 6.07) is 10.9. The van der Waals surface area contributed by atoms with Gasteiger partial charge in [0.25, 0.3) is 5.91 Å². The van der Waals surface area contributed by atoms with E-state index in [0.29, 0.717) is 5.56 Å². The minimum absolute atomic E-state index is 0.00984. The molecule has 1 amide bonds. The lowest BCUT2D eigenvalue weighted by Crippen LogP contribution is -2.57. The van der Waals surface area contributed by atoms with Crippen LogP contribution in [0.25, 0.3) is 11.1 Å². The number of hydrogen-bond acceptors (Lipinski definition) is 7. The molecule has 0 saturated heterocycles. The number of aryl methyl sites for hydroxylation is 1. The van der Waals surface area contributed by atoms with Crippen molar-refractivity contribution in [1.29, 1.82) is 0 Å². The fourth-order valence-electron chi connectivity index (χ4n) is 5.70. The normalized spacial score (nSPS) is 26.2. The smallest absolute Gasteiger partial charge is 0.255 e. The highest BCUT2D eigenvalue weighted by atomic mass is 16.3. The Morgan fingerprint density at radius 1 is 1.09 bits per heavy atom. The maximum Gasteiger partial charge on any atom is 0.255 e. The van der Waals surface area contributed by atoms with E-state index in [0.717, 1.165) is 16.7 Å². The van der Waals surface area contributed by atoms with Gasteiger partial charge in [-0.15, -0.1) is 0 Å². The van der Waals surface area contributed by atoms with Gasteiger partial charge in [0.05, 0.1) is 5.56 Å². The van der Waals surface area contributed by atoms with Crippen LogP contribution in [0.5, 0.6) is 5.75 Å². The number of carbonyl (C=O) groups excluding carboxylic acids is 3. The fourth-order valence-corrected chi connectivity index (χ4v) is 5.70. The zero-order valence-electron chi connectivity index (χ0n) is 18.3. The molecule has 0 radical (unpaired) electrons. The van der Waals surface area contributed by atoms with Gasteiger partial charge in [0, 0.05) is 17.9 Å². The van der Waals surface area contributed by atoms with Crippen LogP contribution in [0.4, 0.5) is 0 Å². The van der Waals surface area contributed by atoms with Crippen LogP contribution in [0.3, 0.4) is 0 Å². The molecule has 3 atom stereocenters. The minimum Gasteiger partial charge on any atom is -0.511 e. The van der Waals surface area contributed by atoms with Gasteiger partial charge in [-0.3, -0.25) is 14.4 Å². The van der Waals surface area contributed by atoms with Gasteiger partial charge in [-0.05, 0) is 48.4 Å². The van der Waals surface area contributed by atoms with Gasteiger partial charge in [0.1, 0.15) is 22.8 Å². The van der Waals surface area contributed by atoms with E-state index in [9.17, 15) is 34.8 Å². The highest BCUT2D eigenvalue weighted by Gasteiger charge is 2.59. The van der Waals surface area contributed by atoms with Crippen molar-refractivity contribution < 1.29 is 34.8 Å². The fraction of sp³-hybridized carbons (Fsp3) is 0.269. The third-order valence-corrected chi connectivity index (χ3v) is 7.27. The van der Waals surface area contributed by atoms with E-state index in [1.165, 1.54) is 6.07 Å². The number of phenolic OH excluding ortho intramolecular Hbond substituents is 1. The third-order valence-electron chi connectivity index (χ3n) is 7.27. The number of rotatable bonds is 2. The van der Waals surface area contributed by atoms with Crippen LogP contribution in [-0.4, -0.2) is 43.5 Å². The quantitative estimate of drug-likeness (QED) is 0.430. The molecule has 0 bridgehead atoms. The van der Waals surface area contributed by atoms with Crippen molar-refractivity contribution >= 4 is 17.5 Å². The summed E-state index contributed by atoms with van der Waals surface area (Å²) in [6.07, 6.45) is 0.123. The van der Waals surface area contributed by atoms with Crippen molar-refractivity contribution in [3.63, 3.8) is 0 Å². The Morgan fingerprint density at radius 2 is 1.82 bits per heavy atom. The second-order valence-electron chi connectivity index (χ2n) is 9.27. The number of aromatic hydroxyl groups is 1. The minimum atomic E-state index is -2.56. The molecule has 3 aliphatic rings. The monoisotopic (exact) mass is 461 g/mol. The predicted molar refractivity (Wildman–Crippen MR) is 121 cm³/mol. The van der Waals surface area contributed by atoms with Crippen molar-refractivity contribution in [2.24, 2.45) is 17.6 Å². The molecule has 0 saturated carbocycles. The van der Waals surface area contributed by atoms with Crippen LogP contribution < -0.4 is 5.73 Å². The molecule has 174 valence electrons. The molecular weight excluding hydrogens is 438 g/mol. The van der Waals surface area contributed by atoms with Gasteiger partial charge >= 0.3 is 0 Å². The molecule has 2 aromatic carbocycles. The van der Waals surface area contributed by atoms with Gasteiger partial charge < -0.3 is 26.2 Å². The number of Topliss-reactive ketones (excluding diaryl/α,β-unsaturated/α-hetero) is 2. The topological polar surface area (TPSA) is 158 Å². The number of fused-ring (bicyclic) bond motifs is 3. The second kappa shape index (κ2) is 7.30. The van der Waals surface area contributed by atoms with Gasteiger partial charge in [-0.1, -0.05) is 35.9 Å². The molecule has 0 heterocycles. The lowest BCUT2D eigenvalue weighted by Gasteiger charge is -2.45. The molecule has 3 aliphatic carbocycles. The molecule has 2 aromatic rings. The lowest BCUT2D eigenvalue weighted by molar-refractivity contribution is -0.144. The largest absolute Gasteiger partial charge is 0.511 e. The van der Waals surface area contributed by atoms with Crippen LogP contribution in [0.15, 0.2) is 59.1 Å². The highest BCUT2D eigenvalue weighted by Crippen LogP contribution is 2.52. The van der Waals surface area contributed by atoms with E-state index < -0.39 is 52.0 Å². The molecule has 8 heteroatoms. The summed E-state index contributed by atoms with van der Waals surface area (Å²) < 4.78 is 0. The van der Waals surface area contributed by atoms with Crippen LogP contribution in [0, 0.1) is 18.8 Å². The molecule has 0 unspecified atom stereocenters.